The Morgan fingerprint density at radius 2 is 2.29 bits per heavy atom. The molecule has 118 valence electrons. The van der Waals surface area contributed by atoms with Gasteiger partial charge in [0, 0.05) is 11.6 Å². The number of hydrogen-bond acceptors (Lipinski definition) is 5. The second-order valence-corrected chi connectivity index (χ2v) is 8.01. The largest absolute Gasteiger partial charge is 0.491 e. The SMILES string of the molecule is O=S1(=O)CCC(CNCC(O)COc2cccc(Cl)c2)C1. The van der Waals surface area contributed by atoms with Gasteiger partial charge in [0.15, 0.2) is 9.84 Å². The molecule has 2 unspecified atom stereocenters. The molecule has 0 aliphatic carbocycles. The molecule has 1 aliphatic heterocycles. The summed E-state index contributed by atoms with van der Waals surface area (Å²) < 4.78 is 28.1. The normalized spacial score (nSPS) is 22.1. The fourth-order valence-corrected chi connectivity index (χ4v) is 4.34. The van der Waals surface area contributed by atoms with Gasteiger partial charge in [-0.2, -0.15) is 0 Å². The number of rotatable bonds is 7. The number of sulfone groups is 1. The molecule has 1 heterocycles. The van der Waals surface area contributed by atoms with Crippen molar-refractivity contribution >= 4 is 21.4 Å². The molecule has 1 aromatic carbocycles. The first-order valence-electron chi connectivity index (χ1n) is 6.92. The van der Waals surface area contributed by atoms with Crippen molar-refractivity contribution in [2.45, 2.75) is 12.5 Å². The van der Waals surface area contributed by atoms with Gasteiger partial charge >= 0.3 is 0 Å². The highest BCUT2D eigenvalue weighted by Gasteiger charge is 2.27. The van der Waals surface area contributed by atoms with E-state index in [-0.39, 0.29) is 24.0 Å². The Morgan fingerprint density at radius 1 is 1.48 bits per heavy atom. The third-order valence-corrected chi connectivity index (χ3v) is 5.45. The van der Waals surface area contributed by atoms with Gasteiger partial charge in [0.1, 0.15) is 18.5 Å². The summed E-state index contributed by atoms with van der Waals surface area (Å²) in [6.45, 7) is 1.14. The van der Waals surface area contributed by atoms with Crippen molar-refractivity contribution in [2.75, 3.05) is 31.2 Å². The van der Waals surface area contributed by atoms with Crippen molar-refractivity contribution in [3.05, 3.63) is 29.3 Å². The maximum Gasteiger partial charge on any atom is 0.150 e. The van der Waals surface area contributed by atoms with Crippen molar-refractivity contribution < 1.29 is 18.3 Å². The van der Waals surface area contributed by atoms with E-state index in [1.165, 1.54) is 0 Å². The van der Waals surface area contributed by atoms with E-state index in [0.29, 0.717) is 30.3 Å². The topological polar surface area (TPSA) is 75.6 Å². The summed E-state index contributed by atoms with van der Waals surface area (Å²) in [4.78, 5) is 0. The minimum absolute atomic E-state index is 0.149. The quantitative estimate of drug-likeness (QED) is 0.781. The number of benzene rings is 1. The molecular formula is C14H20ClNO4S. The fourth-order valence-electron chi connectivity index (χ4n) is 2.30. The molecule has 2 rings (SSSR count). The van der Waals surface area contributed by atoms with Crippen LogP contribution in [0, 0.1) is 5.92 Å². The molecule has 1 aliphatic rings. The van der Waals surface area contributed by atoms with Crippen LogP contribution in [0.5, 0.6) is 5.75 Å². The average molecular weight is 334 g/mol. The van der Waals surface area contributed by atoms with Gasteiger partial charge in [-0.15, -0.1) is 0 Å². The van der Waals surface area contributed by atoms with E-state index in [9.17, 15) is 13.5 Å². The molecule has 1 saturated heterocycles. The van der Waals surface area contributed by atoms with Crippen molar-refractivity contribution in [2.24, 2.45) is 5.92 Å². The Hall–Kier alpha value is -0.820. The van der Waals surface area contributed by atoms with Gasteiger partial charge < -0.3 is 15.2 Å². The van der Waals surface area contributed by atoms with Crippen LogP contribution >= 0.6 is 11.6 Å². The smallest absolute Gasteiger partial charge is 0.150 e. The minimum atomic E-state index is -2.84. The Balaban J connectivity index is 1.63. The summed E-state index contributed by atoms with van der Waals surface area (Å²) in [6.07, 6.45) is 0.0479. The molecule has 2 atom stereocenters. The van der Waals surface area contributed by atoms with E-state index in [1.54, 1.807) is 24.3 Å². The molecule has 2 N–H and O–H groups in total. The third kappa shape index (κ3) is 5.82. The third-order valence-electron chi connectivity index (χ3n) is 3.38. The molecule has 1 fully saturated rings. The number of halogens is 1. The average Bonchev–Trinajstić information content (AvgIpc) is 2.76. The molecule has 21 heavy (non-hydrogen) atoms. The maximum absolute atomic E-state index is 11.3. The zero-order valence-electron chi connectivity index (χ0n) is 11.7. The Morgan fingerprint density at radius 3 is 2.95 bits per heavy atom. The zero-order valence-corrected chi connectivity index (χ0v) is 13.2. The van der Waals surface area contributed by atoms with E-state index in [4.69, 9.17) is 16.3 Å². The zero-order chi connectivity index (χ0) is 15.3. The van der Waals surface area contributed by atoms with E-state index in [1.807, 2.05) is 0 Å². The standard InChI is InChI=1S/C14H20ClNO4S/c15-12-2-1-3-14(6-12)20-9-13(17)8-16-7-11-4-5-21(18,19)10-11/h1-3,6,11,13,16-17H,4-5,7-10H2. The van der Waals surface area contributed by atoms with Crippen LogP contribution in [0.1, 0.15) is 6.42 Å². The molecule has 0 aromatic heterocycles. The van der Waals surface area contributed by atoms with Gasteiger partial charge in [0.05, 0.1) is 11.5 Å². The molecule has 0 bridgehead atoms. The summed E-state index contributed by atoms with van der Waals surface area (Å²) in [5.41, 5.74) is 0. The summed E-state index contributed by atoms with van der Waals surface area (Å²) in [7, 11) is -2.84. The van der Waals surface area contributed by atoms with Crippen LogP contribution in [0.25, 0.3) is 0 Å². The van der Waals surface area contributed by atoms with Crippen molar-refractivity contribution in [3.63, 3.8) is 0 Å². The molecular weight excluding hydrogens is 314 g/mol. The van der Waals surface area contributed by atoms with E-state index in [2.05, 4.69) is 5.32 Å². The Kier molecular flexibility index (Phi) is 5.87. The Bertz CT molecular complexity index is 564. The highest BCUT2D eigenvalue weighted by atomic mass is 35.5. The lowest BCUT2D eigenvalue weighted by atomic mass is 10.1. The van der Waals surface area contributed by atoms with E-state index in [0.717, 1.165) is 0 Å². The highest BCUT2D eigenvalue weighted by Crippen LogP contribution is 2.18. The van der Waals surface area contributed by atoms with Gasteiger partial charge in [0.2, 0.25) is 0 Å². The first-order valence-corrected chi connectivity index (χ1v) is 9.12. The number of aliphatic hydroxyl groups excluding tert-OH is 1. The number of hydrogen-bond donors (Lipinski definition) is 2. The van der Waals surface area contributed by atoms with Gasteiger partial charge in [-0.1, -0.05) is 17.7 Å². The molecule has 0 spiro atoms. The number of ether oxygens (including phenoxy) is 1. The van der Waals surface area contributed by atoms with Crippen molar-refractivity contribution in [1.82, 2.24) is 5.32 Å². The molecule has 1 aromatic rings. The molecule has 0 saturated carbocycles. The van der Waals surface area contributed by atoms with Crippen molar-refractivity contribution in [1.29, 1.82) is 0 Å². The Labute approximate surface area is 130 Å². The van der Waals surface area contributed by atoms with Gasteiger partial charge in [-0.3, -0.25) is 0 Å². The second kappa shape index (κ2) is 7.45. The lowest BCUT2D eigenvalue weighted by Crippen LogP contribution is -2.34. The maximum atomic E-state index is 11.3. The van der Waals surface area contributed by atoms with Crippen LogP contribution in [-0.2, 0) is 9.84 Å². The molecule has 0 radical (unpaired) electrons. The number of aliphatic hydroxyl groups is 1. The van der Waals surface area contributed by atoms with Crippen LogP contribution in [0.3, 0.4) is 0 Å². The fraction of sp³-hybridized carbons (Fsp3) is 0.571. The molecule has 0 amide bonds. The van der Waals surface area contributed by atoms with Crippen LogP contribution in [0.15, 0.2) is 24.3 Å². The number of nitrogens with one attached hydrogen (secondary N) is 1. The lowest BCUT2D eigenvalue weighted by Gasteiger charge is -2.15. The summed E-state index contributed by atoms with van der Waals surface area (Å²) >= 11 is 5.84. The van der Waals surface area contributed by atoms with Gasteiger partial charge in [-0.05, 0) is 37.1 Å². The van der Waals surface area contributed by atoms with Crippen LogP contribution in [0.2, 0.25) is 5.02 Å². The summed E-state index contributed by atoms with van der Waals surface area (Å²) in [6, 6.07) is 6.99. The van der Waals surface area contributed by atoms with E-state index >= 15 is 0 Å². The van der Waals surface area contributed by atoms with Crippen LogP contribution in [-0.4, -0.2) is 50.8 Å². The second-order valence-electron chi connectivity index (χ2n) is 5.35. The van der Waals surface area contributed by atoms with Crippen molar-refractivity contribution in [3.8, 4) is 5.75 Å². The first kappa shape index (κ1) is 16.5. The van der Waals surface area contributed by atoms with Gasteiger partial charge in [-0.25, -0.2) is 8.42 Å². The highest BCUT2D eigenvalue weighted by molar-refractivity contribution is 7.91. The van der Waals surface area contributed by atoms with Crippen LogP contribution < -0.4 is 10.1 Å². The predicted molar refractivity (Wildman–Crippen MR) is 82.6 cm³/mol. The first-order chi connectivity index (χ1) is 9.94. The summed E-state index contributed by atoms with van der Waals surface area (Å²) in [5.74, 6) is 1.29. The monoisotopic (exact) mass is 333 g/mol. The summed E-state index contributed by atoms with van der Waals surface area (Å²) in [5, 5.41) is 13.5. The molecule has 7 heteroatoms. The lowest BCUT2D eigenvalue weighted by molar-refractivity contribution is 0.106. The minimum Gasteiger partial charge on any atom is -0.491 e. The predicted octanol–water partition coefficient (Wildman–Crippen LogP) is 1.10. The van der Waals surface area contributed by atoms with Gasteiger partial charge in [0.25, 0.3) is 0 Å². The van der Waals surface area contributed by atoms with Crippen LogP contribution in [0.4, 0.5) is 0 Å². The van der Waals surface area contributed by atoms with E-state index < -0.39 is 15.9 Å². The molecule has 5 nitrogen and oxygen atoms in total.